The van der Waals surface area contributed by atoms with Gasteiger partial charge in [0.15, 0.2) is 0 Å². The predicted octanol–water partition coefficient (Wildman–Crippen LogP) is 3.72. The molecule has 0 radical (unpaired) electrons. The first-order valence-electron chi connectivity index (χ1n) is 8.73. The Balaban J connectivity index is 2.12. The highest BCUT2D eigenvalue weighted by Gasteiger charge is 2.31. The Morgan fingerprint density at radius 1 is 1.15 bits per heavy atom. The van der Waals surface area contributed by atoms with Crippen LogP contribution in [0.3, 0.4) is 0 Å². The minimum atomic E-state index is -0.615. The van der Waals surface area contributed by atoms with Crippen LogP contribution < -0.4 is 10.6 Å². The number of hydrogen-bond acceptors (Lipinski definition) is 5. The van der Waals surface area contributed by atoms with E-state index in [4.69, 9.17) is 0 Å². The van der Waals surface area contributed by atoms with Gasteiger partial charge in [0, 0.05) is 11.0 Å². The van der Waals surface area contributed by atoms with Crippen molar-refractivity contribution in [2.45, 2.75) is 47.1 Å². The Morgan fingerprint density at radius 3 is 2.38 bits per heavy atom. The van der Waals surface area contributed by atoms with Crippen molar-refractivity contribution in [3.63, 3.8) is 0 Å². The number of hydrogen-bond donors (Lipinski definition) is 2. The first kappa shape index (κ1) is 20.0. The molecule has 6 nitrogen and oxygen atoms in total. The first-order valence-corrected chi connectivity index (χ1v) is 9.54. The Morgan fingerprint density at radius 2 is 1.81 bits per heavy atom. The van der Waals surface area contributed by atoms with E-state index < -0.39 is 11.5 Å². The van der Waals surface area contributed by atoms with E-state index in [2.05, 4.69) is 20.8 Å². The van der Waals surface area contributed by atoms with Crippen molar-refractivity contribution >= 4 is 28.3 Å². The summed E-state index contributed by atoms with van der Waals surface area (Å²) in [5.41, 5.74) is 0.389. The summed E-state index contributed by atoms with van der Waals surface area (Å²) < 4.78 is 0. The molecule has 140 valence electrons. The number of anilines is 1. The molecule has 1 aromatic carbocycles. The quantitative estimate of drug-likeness (QED) is 0.807. The molecule has 2 aromatic rings. The van der Waals surface area contributed by atoms with Gasteiger partial charge in [0.25, 0.3) is 0 Å². The molecule has 0 fully saturated rings. The third-order valence-corrected chi connectivity index (χ3v) is 5.03. The number of benzene rings is 1. The lowest BCUT2D eigenvalue weighted by Gasteiger charge is -2.27. The third kappa shape index (κ3) is 5.11. The summed E-state index contributed by atoms with van der Waals surface area (Å²) in [6, 6.07) is 9.05. The van der Waals surface area contributed by atoms with Crippen molar-refractivity contribution in [2.75, 3.05) is 5.32 Å². The maximum Gasteiger partial charge on any atom is 0.249 e. The van der Waals surface area contributed by atoms with Crippen LogP contribution in [0.5, 0.6) is 0 Å². The Hall–Kier alpha value is -2.28. The smallest absolute Gasteiger partial charge is 0.249 e. The number of nitrogens with zero attached hydrogens (tertiary/aromatic N) is 2. The number of rotatable bonds is 6. The minimum absolute atomic E-state index is 0.00261. The molecule has 2 N–H and O–H groups in total. The van der Waals surface area contributed by atoms with Gasteiger partial charge in [-0.25, -0.2) is 0 Å². The van der Waals surface area contributed by atoms with Crippen LogP contribution in [-0.2, 0) is 9.59 Å². The molecule has 1 aromatic heterocycles. The molecule has 0 spiro atoms. The van der Waals surface area contributed by atoms with Gasteiger partial charge in [-0.3, -0.25) is 14.9 Å². The SMILES string of the molecule is CC[C@@H](C)[C@H](NC(=O)C(C)(C)C)C(=O)Nc1nnc(-c2ccccc2)s1. The number of carbonyl (C=O) groups is 2. The van der Waals surface area contributed by atoms with Gasteiger partial charge in [0.2, 0.25) is 16.9 Å². The van der Waals surface area contributed by atoms with Gasteiger partial charge in [-0.05, 0) is 5.92 Å². The van der Waals surface area contributed by atoms with Gasteiger partial charge in [0.1, 0.15) is 11.0 Å². The second kappa shape index (κ2) is 8.40. The standard InChI is InChI=1S/C19H26N4O2S/c1-6-12(2)14(20-17(25)19(3,4)5)15(24)21-18-23-22-16(26-18)13-10-8-7-9-11-13/h7-12,14H,6H2,1-5H3,(H,20,25)(H,21,23,24)/t12-,14+/m1/s1. The zero-order valence-corrected chi connectivity index (χ0v) is 16.7. The molecule has 0 aliphatic heterocycles. The fourth-order valence-electron chi connectivity index (χ4n) is 2.21. The van der Waals surface area contributed by atoms with Crippen LogP contribution in [-0.4, -0.2) is 28.1 Å². The van der Waals surface area contributed by atoms with Crippen molar-refractivity contribution in [3.8, 4) is 10.6 Å². The highest BCUT2D eigenvalue weighted by molar-refractivity contribution is 7.18. The number of nitrogens with one attached hydrogen (secondary N) is 2. The van der Waals surface area contributed by atoms with Crippen LogP contribution in [0.1, 0.15) is 41.0 Å². The zero-order chi connectivity index (χ0) is 19.3. The molecule has 0 bridgehead atoms. The summed E-state index contributed by atoms with van der Waals surface area (Å²) >= 11 is 1.31. The number of aromatic nitrogens is 2. The largest absolute Gasteiger partial charge is 0.344 e. The Kier molecular flexibility index (Phi) is 6.47. The monoisotopic (exact) mass is 374 g/mol. The van der Waals surface area contributed by atoms with Gasteiger partial charge < -0.3 is 5.32 Å². The van der Waals surface area contributed by atoms with Crippen molar-refractivity contribution in [2.24, 2.45) is 11.3 Å². The second-order valence-electron chi connectivity index (χ2n) is 7.35. The number of amides is 2. The molecular weight excluding hydrogens is 348 g/mol. The molecule has 0 aliphatic rings. The van der Waals surface area contributed by atoms with Crippen molar-refractivity contribution in [1.29, 1.82) is 0 Å². The average Bonchev–Trinajstić information content (AvgIpc) is 3.07. The molecule has 0 saturated heterocycles. The lowest BCUT2D eigenvalue weighted by Crippen LogP contribution is -2.50. The Labute approximate surface area is 158 Å². The van der Waals surface area contributed by atoms with Crippen LogP contribution in [0.15, 0.2) is 30.3 Å². The van der Waals surface area contributed by atoms with Gasteiger partial charge in [0.05, 0.1) is 0 Å². The van der Waals surface area contributed by atoms with Crippen LogP contribution in [0, 0.1) is 11.3 Å². The fourth-order valence-corrected chi connectivity index (χ4v) is 2.97. The van der Waals surface area contributed by atoms with Crippen molar-refractivity contribution < 1.29 is 9.59 Å². The fraction of sp³-hybridized carbons (Fsp3) is 0.474. The van der Waals surface area contributed by atoms with Gasteiger partial charge in [-0.15, -0.1) is 10.2 Å². The lowest BCUT2D eigenvalue weighted by atomic mass is 9.92. The summed E-state index contributed by atoms with van der Waals surface area (Å²) in [5, 5.41) is 15.0. The van der Waals surface area contributed by atoms with Crippen LogP contribution in [0.4, 0.5) is 5.13 Å². The molecule has 0 saturated carbocycles. The minimum Gasteiger partial charge on any atom is -0.344 e. The van der Waals surface area contributed by atoms with E-state index >= 15 is 0 Å². The lowest BCUT2D eigenvalue weighted by molar-refractivity contribution is -0.132. The summed E-state index contributed by atoms with van der Waals surface area (Å²) in [5.74, 6) is -0.421. The highest BCUT2D eigenvalue weighted by atomic mass is 32.1. The summed E-state index contributed by atoms with van der Waals surface area (Å²) in [6.45, 7) is 9.41. The summed E-state index contributed by atoms with van der Waals surface area (Å²) in [4.78, 5) is 25.1. The van der Waals surface area contributed by atoms with E-state index in [0.717, 1.165) is 17.0 Å². The predicted molar refractivity (Wildman–Crippen MR) is 105 cm³/mol. The molecule has 0 aliphatic carbocycles. The zero-order valence-electron chi connectivity index (χ0n) is 15.9. The molecular formula is C19H26N4O2S. The van der Waals surface area contributed by atoms with Gasteiger partial charge in [-0.1, -0.05) is 82.7 Å². The number of carbonyl (C=O) groups excluding carboxylic acids is 2. The molecule has 2 rings (SSSR count). The van der Waals surface area contributed by atoms with E-state index in [-0.39, 0.29) is 17.7 Å². The topological polar surface area (TPSA) is 84.0 Å². The maximum absolute atomic E-state index is 12.7. The molecule has 1 heterocycles. The summed E-state index contributed by atoms with van der Waals surface area (Å²) in [7, 11) is 0. The van der Waals surface area contributed by atoms with Crippen molar-refractivity contribution in [1.82, 2.24) is 15.5 Å². The van der Waals surface area contributed by atoms with Crippen molar-refractivity contribution in [3.05, 3.63) is 30.3 Å². The third-order valence-electron chi connectivity index (χ3n) is 4.14. The van der Waals surface area contributed by atoms with Gasteiger partial charge in [-0.2, -0.15) is 0 Å². The van der Waals surface area contributed by atoms with Crippen LogP contribution in [0.25, 0.3) is 10.6 Å². The van der Waals surface area contributed by atoms with E-state index in [0.29, 0.717) is 5.13 Å². The second-order valence-corrected chi connectivity index (χ2v) is 8.33. The molecule has 7 heteroatoms. The van der Waals surface area contributed by atoms with Crippen LogP contribution in [0.2, 0.25) is 0 Å². The van der Waals surface area contributed by atoms with Crippen LogP contribution >= 0.6 is 11.3 Å². The average molecular weight is 375 g/mol. The molecule has 2 atom stereocenters. The highest BCUT2D eigenvalue weighted by Crippen LogP contribution is 2.26. The van der Waals surface area contributed by atoms with E-state index in [1.54, 1.807) is 0 Å². The molecule has 2 amide bonds. The first-order chi connectivity index (χ1) is 12.2. The van der Waals surface area contributed by atoms with E-state index in [9.17, 15) is 9.59 Å². The molecule has 26 heavy (non-hydrogen) atoms. The van der Waals surface area contributed by atoms with Gasteiger partial charge >= 0.3 is 0 Å². The molecule has 0 unspecified atom stereocenters. The Bertz CT molecular complexity index is 752. The normalized spacial score (nSPS) is 13.7. The maximum atomic E-state index is 12.7. The van der Waals surface area contributed by atoms with E-state index in [1.807, 2.05) is 65.0 Å². The summed E-state index contributed by atoms with van der Waals surface area (Å²) in [6.07, 6.45) is 0.772. The van der Waals surface area contributed by atoms with E-state index in [1.165, 1.54) is 11.3 Å².